The van der Waals surface area contributed by atoms with Gasteiger partial charge in [-0.05, 0) is 91.8 Å². The molecule has 0 aliphatic carbocycles. The average molecular weight is 809 g/mol. The van der Waals surface area contributed by atoms with Gasteiger partial charge in [0, 0.05) is 44.2 Å². The number of pyridine rings is 1. The molecule has 245 valence electrons. The molecule has 1 radical (unpaired) electrons. The standard InChI is InChI=1S/C31H18N.C13H24O2.Ir/c1-6-21-15-23(7-1)28-12-4-10-26-19-32-31(18-30(26)28)25-9-2-8-24(16-25)27-11-3-5-20-13-14-22(21)17-29(20)27;1-5-10(6-2)12(14)9-13(15)11(7-3)8-4;/h1-8,10-19H;9-11,14H,5-8H2,1-4H3;/q-1;;/b;12-9-;. The number of aliphatic hydroxyl groups excluding tert-OH is 1. The maximum atomic E-state index is 11.7. The van der Waals surface area contributed by atoms with Crippen molar-refractivity contribution < 1.29 is 30.0 Å². The summed E-state index contributed by atoms with van der Waals surface area (Å²) in [5, 5.41) is 22.9. The van der Waals surface area contributed by atoms with E-state index in [0.29, 0.717) is 0 Å². The number of fused-ring (bicyclic) bond motifs is 10. The number of allylic oxidation sites excluding steroid dienone is 2. The summed E-state index contributed by atoms with van der Waals surface area (Å²) >= 11 is 0. The van der Waals surface area contributed by atoms with Gasteiger partial charge in [-0.15, -0.1) is 35.0 Å². The van der Waals surface area contributed by atoms with Gasteiger partial charge in [-0.2, -0.15) is 0 Å². The predicted octanol–water partition coefficient (Wildman–Crippen LogP) is 12.2. The second-order valence-corrected chi connectivity index (χ2v) is 12.4. The number of nitrogens with zero attached hydrogens (tertiary/aromatic N) is 1. The molecule has 0 aliphatic rings. The first-order chi connectivity index (χ1) is 22.9. The van der Waals surface area contributed by atoms with E-state index in [9.17, 15) is 9.90 Å². The first-order valence-corrected chi connectivity index (χ1v) is 16.9. The Labute approximate surface area is 296 Å². The zero-order valence-electron chi connectivity index (χ0n) is 28.1. The number of carbonyl (C=O) groups is 1. The van der Waals surface area contributed by atoms with Crippen molar-refractivity contribution in [2.24, 2.45) is 11.8 Å². The molecule has 4 heteroatoms. The minimum atomic E-state index is 0. The van der Waals surface area contributed by atoms with Crippen molar-refractivity contribution in [1.82, 2.24) is 4.98 Å². The van der Waals surface area contributed by atoms with E-state index in [2.05, 4.69) is 103 Å². The van der Waals surface area contributed by atoms with E-state index >= 15 is 0 Å². The molecule has 6 aromatic carbocycles. The Hall–Kier alpha value is -4.37. The normalized spacial score (nSPS) is 11.8. The monoisotopic (exact) mass is 809 g/mol. The van der Waals surface area contributed by atoms with Crippen molar-refractivity contribution in [3.63, 3.8) is 0 Å². The Morgan fingerprint density at radius 2 is 1.21 bits per heavy atom. The van der Waals surface area contributed by atoms with Gasteiger partial charge in [0.25, 0.3) is 0 Å². The Bertz CT molecular complexity index is 2160. The summed E-state index contributed by atoms with van der Waals surface area (Å²) in [4.78, 5) is 16.5. The van der Waals surface area contributed by atoms with E-state index < -0.39 is 0 Å². The number of aromatic nitrogens is 1. The summed E-state index contributed by atoms with van der Waals surface area (Å²) in [7, 11) is 0. The molecule has 0 saturated carbocycles. The van der Waals surface area contributed by atoms with Crippen LogP contribution in [-0.2, 0) is 24.9 Å². The Kier molecular flexibility index (Phi) is 11.4. The zero-order chi connectivity index (χ0) is 32.9. The molecule has 8 bridgehead atoms. The van der Waals surface area contributed by atoms with Crippen LogP contribution in [0, 0.1) is 17.9 Å². The maximum Gasteiger partial charge on any atom is 0.162 e. The number of benzene rings is 5. The van der Waals surface area contributed by atoms with Crippen molar-refractivity contribution in [3.05, 3.63) is 127 Å². The Morgan fingerprint density at radius 1 is 0.646 bits per heavy atom. The molecule has 0 unspecified atom stereocenters. The average Bonchev–Trinajstić information content (AvgIpc) is 3.11. The van der Waals surface area contributed by atoms with Crippen molar-refractivity contribution in [2.45, 2.75) is 53.4 Å². The van der Waals surface area contributed by atoms with Crippen molar-refractivity contribution in [3.8, 4) is 0 Å². The van der Waals surface area contributed by atoms with E-state index in [-0.39, 0.29) is 43.5 Å². The smallest absolute Gasteiger partial charge is 0.162 e. The molecular weight excluding hydrogens is 767 g/mol. The number of ketones is 1. The summed E-state index contributed by atoms with van der Waals surface area (Å²) in [6.45, 7) is 8.07. The van der Waals surface area contributed by atoms with Crippen LogP contribution in [0.4, 0.5) is 0 Å². The molecule has 0 aliphatic heterocycles. The number of carbonyl (C=O) groups excluding carboxylic acids is 1. The molecule has 3 nitrogen and oxygen atoms in total. The third-order valence-electron chi connectivity index (χ3n) is 9.62. The van der Waals surface area contributed by atoms with Gasteiger partial charge in [0.2, 0.25) is 0 Å². The maximum absolute atomic E-state index is 11.7. The van der Waals surface area contributed by atoms with Crippen LogP contribution in [0.25, 0.3) is 64.8 Å². The predicted molar refractivity (Wildman–Crippen MR) is 201 cm³/mol. The van der Waals surface area contributed by atoms with Crippen LogP contribution in [0.5, 0.6) is 0 Å². The number of rotatable bonds is 7. The van der Waals surface area contributed by atoms with Crippen LogP contribution in [0.2, 0.25) is 0 Å². The number of hydrogen-bond donors (Lipinski definition) is 1. The van der Waals surface area contributed by atoms with E-state index in [1.54, 1.807) is 0 Å². The van der Waals surface area contributed by atoms with Crippen LogP contribution >= 0.6 is 0 Å². The number of aliphatic hydroxyl groups is 1. The SMILES string of the molecule is CCC(CC)C(=O)/C=C(\O)C(CC)CC.[Ir].[c-]1ccc2cc1c1cc3c(cccc3c3cccc(c3)c3ccc4cccc2c4c3)cn1. The topological polar surface area (TPSA) is 50.2 Å². The summed E-state index contributed by atoms with van der Waals surface area (Å²) in [6.07, 6.45) is 6.89. The van der Waals surface area contributed by atoms with Crippen LogP contribution in [0.3, 0.4) is 0 Å². The zero-order valence-corrected chi connectivity index (χ0v) is 30.5. The van der Waals surface area contributed by atoms with Gasteiger partial charge < -0.3 is 10.1 Å². The molecule has 0 amide bonds. The molecule has 1 heterocycles. The van der Waals surface area contributed by atoms with Gasteiger partial charge >= 0.3 is 0 Å². The molecule has 7 aromatic rings. The van der Waals surface area contributed by atoms with Crippen molar-refractivity contribution in [1.29, 1.82) is 0 Å². The third-order valence-corrected chi connectivity index (χ3v) is 9.62. The Balaban J connectivity index is 0.000000243. The summed E-state index contributed by atoms with van der Waals surface area (Å²) in [5.41, 5.74) is 0.945. The molecule has 7 rings (SSSR count). The summed E-state index contributed by atoms with van der Waals surface area (Å²) < 4.78 is 0. The second kappa shape index (κ2) is 15.7. The van der Waals surface area contributed by atoms with Crippen molar-refractivity contribution in [2.75, 3.05) is 0 Å². The molecule has 0 saturated heterocycles. The fraction of sp³-hybridized carbons (Fsp3) is 0.227. The first kappa shape index (κ1) is 34.9. The molecule has 1 aromatic heterocycles. The fourth-order valence-corrected chi connectivity index (χ4v) is 6.70. The minimum absolute atomic E-state index is 0. The van der Waals surface area contributed by atoms with Gasteiger partial charge in [0.1, 0.15) is 0 Å². The van der Waals surface area contributed by atoms with Gasteiger partial charge in [-0.25, -0.2) is 0 Å². The Morgan fingerprint density at radius 3 is 1.92 bits per heavy atom. The quantitative estimate of drug-likeness (QED) is 0.0991. The molecule has 0 fully saturated rings. The van der Waals surface area contributed by atoms with E-state index in [0.717, 1.165) is 42.0 Å². The number of hydrogen-bond acceptors (Lipinski definition) is 3. The fourth-order valence-electron chi connectivity index (χ4n) is 6.70. The van der Waals surface area contributed by atoms with Crippen LogP contribution in [-0.4, -0.2) is 15.9 Å². The molecule has 48 heavy (non-hydrogen) atoms. The first-order valence-electron chi connectivity index (χ1n) is 16.9. The molecule has 0 atom stereocenters. The summed E-state index contributed by atoms with van der Waals surface area (Å²) in [6, 6.07) is 40.6. The van der Waals surface area contributed by atoms with E-state index in [1.165, 1.54) is 54.6 Å². The molecule has 1 N–H and O–H groups in total. The second-order valence-electron chi connectivity index (χ2n) is 12.4. The minimum Gasteiger partial charge on any atom is -0.512 e. The van der Waals surface area contributed by atoms with Crippen LogP contribution in [0.1, 0.15) is 53.4 Å². The van der Waals surface area contributed by atoms with Gasteiger partial charge in [0.05, 0.1) is 5.76 Å². The van der Waals surface area contributed by atoms with Gasteiger partial charge in [0.15, 0.2) is 5.78 Å². The largest absolute Gasteiger partial charge is 0.512 e. The van der Waals surface area contributed by atoms with E-state index in [4.69, 9.17) is 4.98 Å². The third kappa shape index (κ3) is 7.21. The molecular formula is C44H42IrNO2-. The van der Waals surface area contributed by atoms with Gasteiger partial charge in [-0.3, -0.25) is 4.79 Å². The van der Waals surface area contributed by atoms with Gasteiger partial charge in [-0.1, -0.05) is 100 Å². The van der Waals surface area contributed by atoms with Crippen LogP contribution < -0.4 is 0 Å². The van der Waals surface area contributed by atoms with E-state index in [1.807, 2.05) is 40.0 Å². The summed E-state index contributed by atoms with van der Waals surface area (Å²) in [5.74, 6) is 0.547. The van der Waals surface area contributed by atoms with Crippen LogP contribution in [0.15, 0.2) is 121 Å². The van der Waals surface area contributed by atoms with Crippen molar-refractivity contribution >= 4 is 70.5 Å². The molecule has 0 spiro atoms.